The number of anilines is 1. The van der Waals surface area contributed by atoms with E-state index in [4.69, 9.17) is 9.84 Å². The molecule has 0 unspecified atom stereocenters. The molecule has 1 aromatic rings. The van der Waals surface area contributed by atoms with Gasteiger partial charge in [-0.15, -0.1) is 0 Å². The third kappa shape index (κ3) is 5.57. The van der Waals surface area contributed by atoms with Gasteiger partial charge in [0.25, 0.3) is 5.91 Å². The summed E-state index contributed by atoms with van der Waals surface area (Å²) in [5.41, 5.74) is 0.892. The quantitative estimate of drug-likeness (QED) is 0.582. The monoisotopic (exact) mass is 349 g/mol. The molecule has 1 aliphatic rings. The summed E-state index contributed by atoms with van der Waals surface area (Å²) in [7, 11) is 0. The first kappa shape index (κ1) is 18.4. The molecule has 3 N–H and O–H groups in total. The fourth-order valence-corrected chi connectivity index (χ4v) is 2.23. The fraction of sp³-hybridized carbons (Fsp3) is 0.375. The van der Waals surface area contributed by atoms with E-state index < -0.39 is 12.0 Å². The zero-order valence-electron chi connectivity index (χ0n) is 13.5. The predicted octanol–water partition coefficient (Wildman–Crippen LogP) is 0.354. The van der Waals surface area contributed by atoms with Crippen LogP contribution in [0.3, 0.4) is 0 Å². The van der Waals surface area contributed by atoms with Gasteiger partial charge >= 0.3 is 12.0 Å². The van der Waals surface area contributed by atoms with Crippen LogP contribution in [0.15, 0.2) is 24.3 Å². The Kier molecular flexibility index (Phi) is 6.47. The van der Waals surface area contributed by atoms with E-state index in [0.29, 0.717) is 11.3 Å². The van der Waals surface area contributed by atoms with E-state index in [1.165, 1.54) is 4.90 Å². The van der Waals surface area contributed by atoms with Gasteiger partial charge in [0, 0.05) is 30.8 Å². The van der Waals surface area contributed by atoms with E-state index in [2.05, 4.69) is 10.6 Å². The van der Waals surface area contributed by atoms with Crippen molar-refractivity contribution in [2.75, 3.05) is 31.2 Å². The van der Waals surface area contributed by atoms with Gasteiger partial charge in [-0.25, -0.2) is 4.79 Å². The first-order valence-electron chi connectivity index (χ1n) is 7.76. The Morgan fingerprint density at radius 2 is 2.08 bits per heavy atom. The number of nitrogens with one attached hydrogen (secondary N) is 2. The standard InChI is InChI=1S/C16H19N3O6/c20-13-4-7-19(16(24)18-13)12-3-1-2-11(10-12)15(23)17-6-9-25-8-5-14(21)22/h1-3,10H,4-9H2,(H,17,23)(H,21,22)(H,18,20,24). The van der Waals surface area contributed by atoms with Gasteiger partial charge in [-0.1, -0.05) is 6.07 Å². The second-order valence-corrected chi connectivity index (χ2v) is 5.32. The molecular weight excluding hydrogens is 330 g/mol. The third-order valence-electron chi connectivity index (χ3n) is 3.47. The van der Waals surface area contributed by atoms with Crippen LogP contribution >= 0.6 is 0 Å². The Morgan fingerprint density at radius 3 is 2.80 bits per heavy atom. The second kappa shape index (κ2) is 8.78. The van der Waals surface area contributed by atoms with E-state index in [0.717, 1.165) is 0 Å². The number of carbonyl (C=O) groups excluding carboxylic acids is 3. The van der Waals surface area contributed by atoms with Crippen molar-refractivity contribution in [3.8, 4) is 0 Å². The van der Waals surface area contributed by atoms with Gasteiger partial charge in [0.05, 0.1) is 19.6 Å². The molecule has 0 atom stereocenters. The smallest absolute Gasteiger partial charge is 0.328 e. The Balaban J connectivity index is 1.85. The largest absolute Gasteiger partial charge is 0.481 e. The van der Waals surface area contributed by atoms with Crippen LogP contribution in [0.5, 0.6) is 0 Å². The van der Waals surface area contributed by atoms with Crippen molar-refractivity contribution in [1.82, 2.24) is 10.6 Å². The number of aliphatic carboxylic acids is 1. The summed E-state index contributed by atoms with van der Waals surface area (Å²) in [6, 6.07) is 5.99. The molecule has 0 bridgehead atoms. The lowest BCUT2D eigenvalue weighted by molar-refractivity contribution is -0.138. The molecule has 0 spiro atoms. The third-order valence-corrected chi connectivity index (χ3v) is 3.47. The van der Waals surface area contributed by atoms with Crippen molar-refractivity contribution in [1.29, 1.82) is 0 Å². The highest BCUT2D eigenvalue weighted by molar-refractivity contribution is 6.06. The number of carboxylic acid groups (broad SMARTS) is 1. The Bertz CT molecular complexity index is 676. The maximum Gasteiger partial charge on any atom is 0.328 e. The van der Waals surface area contributed by atoms with Crippen molar-refractivity contribution in [3.05, 3.63) is 29.8 Å². The zero-order valence-corrected chi connectivity index (χ0v) is 13.5. The number of carboxylic acids is 1. The molecule has 1 saturated heterocycles. The Labute approximate surface area is 143 Å². The van der Waals surface area contributed by atoms with Crippen LogP contribution in [0, 0.1) is 0 Å². The normalized spacial score (nSPS) is 14.2. The fourth-order valence-electron chi connectivity index (χ4n) is 2.23. The lowest BCUT2D eigenvalue weighted by Crippen LogP contribution is -2.49. The number of hydrogen-bond donors (Lipinski definition) is 3. The molecule has 1 aromatic carbocycles. The lowest BCUT2D eigenvalue weighted by Gasteiger charge is -2.26. The van der Waals surface area contributed by atoms with E-state index in [9.17, 15) is 19.2 Å². The van der Waals surface area contributed by atoms with E-state index in [1.807, 2.05) is 0 Å². The van der Waals surface area contributed by atoms with Gasteiger partial charge in [0.2, 0.25) is 5.91 Å². The molecule has 0 aliphatic carbocycles. The van der Waals surface area contributed by atoms with Crippen molar-refractivity contribution < 1.29 is 29.0 Å². The number of benzene rings is 1. The van der Waals surface area contributed by atoms with Crippen LogP contribution < -0.4 is 15.5 Å². The molecule has 0 radical (unpaired) electrons. The molecule has 0 aromatic heterocycles. The van der Waals surface area contributed by atoms with Gasteiger partial charge in [-0.2, -0.15) is 0 Å². The minimum Gasteiger partial charge on any atom is -0.481 e. The average Bonchev–Trinajstić information content (AvgIpc) is 2.57. The molecule has 1 fully saturated rings. The van der Waals surface area contributed by atoms with Gasteiger partial charge in [0.15, 0.2) is 0 Å². The van der Waals surface area contributed by atoms with E-state index in [-0.39, 0.29) is 51.0 Å². The molecule has 1 heterocycles. The number of amides is 4. The number of urea groups is 1. The molecular formula is C16H19N3O6. The molecule has 4 amide bonds. The van der Waals surface area contributed by atoms with Crippen LogP contribution in [-0.4, -0.2) is 55.2 Å². The number of rotatable bonds is 8. The Morgan fingerprint density at radius 1 is 1.28 bits per heavy atom. The highest BCUT2D eigenvalue weighted by Gasteiger charge is 2.24. The minimum absolute atomic E-state index is 0.0868. The van der Waals surface area contributed by atoms with Crippen LogP contribution in [0.4, 0.5) is 10.5 Å². The second-order valence-electron chi connectivity index (χ2n) is 5.32. The maximum atomic E-state index is 12.1. The van der Waals surface area contributed by atoms with Gasteiger partial charge in [-0.3, -0.25) is 24.6 Å². The lowest BCUT2D eigenvalue weighted by atomic mass is 10.1. The molecule has 9 heteroatoms. The number of imide groups is 1. The number of carbonyl (C=O) groups is 4. The van der Waals surface area contributed by atoms with Crippen molar-refractivity contribution in [3.63, 3.8) is 0 Å². The zero-order chi connectivity index (χ0) is 18.2. The first-order valence-corrected chi connectivity index (χ1v) is 7.76. The van der Waals surface area contributed by atoms with Gasteiger partial charge in [0.1, 0.15) is 0 Å². The summed E-state index contributed by atoms with van der Waals surface area (Å²) < 4.78 is 5.09. The molecule has 1 aliphatic heterocycles. The van der Waals surface area contributed by atoms with Crippen molar-refractivity contribution in [2.45, 2.75) is 12.8 Å². The number of ether oxygens (including phenoxy) is 1. The summed E-state index contributed by atoms with van der Waals surface area (Å²) in [4.78, 5) is 46.9. The summed E-state index contributed by atoms with van der Waals surface area (Å²) >= 11 is 0. The topological polar surface area (TPSA) is 125 Å². The highest BCUT2D eigenvalue weighted by Crippen LogP contribution is 2.18. The van der Waals surface area contributed by atoms with E-state index >= 15 is 0 Å². The molecule has 134 valence electrons. The van der Waals surface area contributed by atoms with Gasteiger partial charge < -0.3 is 15.2 Å². The van der Waals surface area contributed by atoms with E-state index in [1.54, 1.807) is 24.3 Å². The van der Waals surface area contributed by atoms with Crippen molar-refractivity contribution in [2.24, 2.45) is 0 Å². The molecule has 2 rings (SSSR count). The molecule has 0 saturated carbocycles. The maximum absolute atomic E-state index is 12.1. The molecule has 9 nitrogen and oxygen atoms in total. The average molecular weight is 349 g/mol. The van der Waals surface area contributed by atoms with Crippen LogP contribution in [0.1, 0.15) is 23.2 Å². The number of hydrogen-bond acceptors (Lipinski definition) is 5. The van der Waals surface area contributed by atoms with Gasteiger partial charge in [-0.05, 0) is 18.2 Å². The SMILES string of the molecule is O=C(O)CCOCCNC(=O)c1cccc(N2CCC(=O)NC2=O)c1. The first-order chi connectivity index (χ1) is 12.0. The summed E-state index contributed by atoms with van der Waals surface area (Å²) in [5.74, 6) is -1.60. The Hall–Kier alpha value is -2.94. The highest BCUT2D eigenvalue weighted by atomic mass is 16.5. The van der Waals surface area contributed by atoms with Crippen molar-refractivity contribution >= 4 is 29.5 Å². The minimum atomic E-state index is -0.940. The summed E-state index contributed by atoms with van der Waals surface area (Å²) in [6.45, 7) is 0.785. The summed E-state index contributed by atoms with van der Waals surface area (Å²) in [6.07, 6.45) is 0.117. The summed E-state index contributed by atoms with van der Waals surface area (Å²) in [5, 5.41) is 13.4. The molecule has 25 heavy (non-hydrogen) atoms. The van der Waals surface area contributed by atoms with Crippen LogP contribution in [-0.2, 0) is 14.3 Å². The van der Waals surface area contributed by atoms with Crippen LogP contribution in [0.25, 0.3) is 0 Å². The number of nitrogens with zero attached hydrogens (tertiary/aromatic N) is 1. The van der Waals surface area contributed by atoms with Crippen LogP contribution in [0.2, 0.25) is 0 Å². The predicted molar refractivity (Wildman–Crippen MR) is 87.3 cm³/mol.